The van der Waals surface area contributed by atoms with Gasteiger partial charge in [-0.3, -0.25) is 4.79 Å². The highest BCUT2D eigenvalue weighted by molar-refractivity contribution is 7.12. The Hall–Kier alpha value is -2.34. The molecule has 0 aliphatic rings. The fourth-order valence-corrected chi connectivity index (χ4v) is 3.08. The number of hydrogen-bond donors (Lipinski definition) is 2. The summed E-state index contributed by atoms with van der Waals surface area (Å²) in [6.07, 6.45) is 2.05. The number of aromatic carboxylic acids is 1. The molecule has 2 N–H and O–H groups in total. The van der Waals surface area contributed by atoms with Crippen LogP contribution in [-0.4, -0.2) is 30.1 Å². The summed E-state index contributed by atoms with van der Waals surface area (Å²) in [6.45, 7) is 5.66. The summed E-state index contributed by atoms with van der Waals surface area (Å²) in [5.74, 6) is -1.22. The highest BCUT2D eigenvalue weighted by Gasteiger charge is 2.17. The van der Waals surface area contributed by atoms with Crippen molar-refractivity contribution < 1.29 is 14.7 Å². The van der Waals surface area contributed by atoms with Gasteiger partial charge in [-0.25, -0.2) is 4.79 Å². The van der Waals surface area contributed by atoms with Gasteiger partial charge in [0.2, 0.25) is 0 Å². The van der Waals surface area contributed by atoms with Crippen LogP contribution in [0.25, 0.3) is 0 Å². The number of rotatable bonds is 8. The van der Waals surface area contributed by atoms with Gasteiger partial charge in [0.1, 0.15) is 0 Å². The molecule has 0 saturated carbocycles. The van der Waals surface area contributed by atoms with Crippen molar-refractivity contribution in [2.24, 2.45) is 0 Å². The van der Waals surface area contributed by atoms with Crippen LogP contribution in [0.5, 0.6) is 0 Å². The van der Waals surface area contributed by atoms with Gasteiger partial charge >= 0.3 is 5.97 Å². The second-order valence-electron chi connectivity index (χ2n) is 5.40. The highest BCUT2D eigenvalue weighted by atomic mass is 32.1. The van der Waals surface area contributed by atoms with Crippen LogP contribution in [-0.2, 0) is 0 Å². The van der Waals surface area contributed by atoms with Crippen LogP contribution in [0.4, 0.5) is 11.4 Å². The van der Waals surface area contributed by atoms with Crippen LogP contribution in [0.15, 0.2) is 35.7 Å². The lowest BCUT2D eigenvalue weighted by molar-refractivity contribution is 0.0697. The van der Waals surface area contributed by atoms with Crippen molar-refractivity contribution >= 4 is 34.6 Å². The summed E-state index contributed by atoms with van der Waals surface area (Å²) in [6, 6.07) is 8.58. The first-order valence-electron chi connectivity index (χ1n) is 8.04. The lowest BCUT2D eigenvalue weighted by Crippen LogP contribution is -2.26. The van der Waals surface area contributed by atoms with E-state index in [1.807, 2.05) is 12.3 Å². The fourth-order valence-electron chi connectivity index (χ4n) is 2.46. The second-order valence-corrected chi connectivity index (χ2v) is 6.35. The monoisotopic (exact) mass is 346 g/mol. The van der Waals surface area contributed by atoms with E-state index in [0.29, 0.717) is 16.3 Å². The lowest BCUT2D eigenvalue weighted by Gasteiger charge is -2.25. The number of amides is 1. The van der Waals surface area contributed by atoms with Gasteiger partial charge in [-0.15, -0.1) is 11.3 Å². The first kappa shape index (κ1) is 18.0. The summed E-state index contributed by atoms with van der Waals surface area (Å²) in [4.78, 5) is 26.4. The number of thiophene rings is 1. The number of nitrogens with one attached hydrogen (secondary N) is 1. The van der Waals surface area contributed by atoms with Crippen LogP contribution in [0, 0.1) is 0 Å². The van der Waals surface area contributed by atoms with Crippen molar-refractivity contribution in [2.75, 3.05) is 23.3 Å². The third-order valence-corrected chi connectivity index (χ3v) is 4.60. The van der Waals surface area contributed by atoms with E-state index < -0.39 is 5.97 Å². The van der Waals surface area contributed by atoms with Crippen LogP contribution < -0.4 is 10.2 Å². The van der Waals surface area contributed by atoms with Crippen molar-refractivity contribution in [3.8, 4) is 0 Å². The Morgan fingerprint density at radius 3 is 2.62 bits per heavy atom. The molecule has 1 aromatic heterocycles. The molecule has 5 nitrogen and oxygen atoms in total. The molecule has 6 heteroatoms. The second kappa shape index (κ2) is 8.49. The molecule has 0 atom stereocenters. The number of nitrogens with zero attached hydrogens (tertiary/aromatic N) is 1. The lowest BCUT2D eigenvalue weighted by atomic mass is 10.1. The Morgan fingerprint density at radius 1 is 1.25 bits per heavy atom. The van der Waals surface area contributed by atoms with Gasteiger partial charge in [-0.2, -0.15) is 0 Å². The minimum atomic E-state index is -0.993. The number of hydrogen-bond acceptors (Lipinski definition) is 4. The normalized spacial score (nSPS) is 10.4. The molecular weight excluding hydrogens is 324 g/mol. The Bertz CT molecular complexity index is 698. The number of carbonyl (C=O) groups excluding carboxylic acids is 1. The van der Waals surface area contributed by atoms with Crippen molar-refractivity contribution in [2.45, 2.75) is 26.7 Å². The maximum atomic E-state index is 12.1. The third-order valence-electron chi connectivity index (χ3n) is 3.73. The topological polar surface area (TPSA) is 69.6 Å². The van der Waals surface area contributed by atoms with Gasteiger partial charge < -0.3 is 15.3 Å². The van der Waals surface area contributed by atoms with Crippen molar-refractivity contribution in [1.82, 2.24) is 0 Å². The van der Waals surface area contributed by atoms with Gasteiger partial charge in [-0.05, 0) is 43.0 Å². The maximum absolute atomic E-state index is 12.1. The number of carboxylic acids is 1. The summed E-state index contributed by atoms with van der Waals surface area (Å²) < 4.78 is 0. The molecule has 128 valence electrons. The molecule has 0 spiro atoms. The number of carbonyl (C=O) groups is 2. The van der Waals surface area contributed by atoms with Gasteiger partial charge in [0, 0.05) is 18.8 Å². The molecule has 0 bridgehead atoms. The third kappa shape index (κ3) is 4.35. The smallest absolute Gasteiger partial charge is 0.337 e. The van der Waals surface area contributed by atoms with Crippen LogP contribution >= 0.6 is 11.3 Å². The number of benzene rings is 1. The van der Waals surface area contributed by atoms with E-state index in [-0.39, 0.29) is 11.5 Å². The SMILES string of the molecule is CCCCN(CC)c1ccc(NC(=O)c2cccs2)cc1C(=O)O. The van der Waals surface area contributed by atoms with Crippen LogP contribution in [0.2, 0.25) is 0 Å². The van der Waals surface area contributed by atoms with E-state index in [9.17, 15) is 14.7 Å². The molecule has 1 amide bonds. The van der Waals surface area contributed by atoms with Gasteiger partial charge in [0.15, 0.2) is 0 Å². The molecule has 0 saturated heterocycles. The Labute approximate surface area is 145 Å². The zero-order chi connectivity index (χ0) is 17.5. The first-order valence-corrected chi connectivity index (χ1v) is 8.91. The molecule has 0 unspecified atom stereocenters. The van der Waals surface area contributed by atoms with E-state index in [4.69, 9.17) is 0 Å². The number of unbranched alkanes of at least 4 members (excludes halogenated alkanes) is 1. The highest BCUT2D eigenvalue weighted by Crippen LogP contribution is 2.25. The average molecular weight is 346 g/mol. The van der Waals surface area contributed by atoms with E-state index in [1.165, 1.54) is 17.4 Å². The quantitative estimate of drug-likeness (QED) is 0.746. The zero-order valence-corrected chi connectivity index (χ0v) is 14.7. The average Bonchev–Trinajstić information content (AvgIpc) is 3.11. The molecule has 0 aliphatic carbocycles. The standard InChI is InChI=1S/C18H22N2O3S/c1-3-5-10-20(4-2)15-9-8-13(12-14(15)18(22)23)19-17(21)16-7-6-11-24-16/h6-9,11-12H,3-5,10H2,1-2H3,(H,19,21)(H,22,23). The number of anilines is 2. The Morgan fingerprint density at radius 2 is 2.04 bits per heavy atom. The minimum Gasteiger partial charge on any atom is -0.478 e. The van der Waals surface area contributed by atoms with Gasteiger partial charge in [-0.1, -0.05) is 19.4 Å². The van der Waals surface area contributed by atoms with E-state index in [2.05, 4.69) is 17.1 Å². The van der Waals surface area contributed by atoms with Crippen molar-refractivity contribution in [1.29, 1.82) is 0 Å². The molecule has 2 aromatic rings. The molecule has 1 aromatic carbocycles. The minimum absolute atomic E-state index is 0.205. The summed E-state index contributed by atoms with van der Waals surface area (Å²) in [5, 5.41) is 14.1. The number of carboxylic acid groups (broad SMARTS) is 1. The van der Waals surface area contributed by atoms with Crippen molar-refractivity contribution in [3.05, 3.63) is 46.2 Å². The van der Waals surface area contributed by atoms with Crippen molar-refractivity contribution in [3.63, 3.8) is 0 Å². The molecule has 0 radical (unpaired) electrons. The molecule has 2 rings (SSSR count). The largest absolute Gasteiger partial charge is 0.478 e. The molecule has 0 fully saturated rings. The summed E-state index contributed by atoms with van der Waals surface area (Å²) in [5.41, 5.74) is 1.38. The first-order chi connectivity index (χ1) is 11.6. The maximum Gasteiger partial charge on any atom is 0.337 e. The summed E-state index contributed by atoms with van der Waals surface area (Å²) >= 11 is 1.34. The fraction of sp³-hybridized carbons (Fsp3) is 0.333. The van der Waals surface area contributed by atoms with E-state index >= 15 is 0 Å². The van der Waals surface area contributed by atoms with Gasteiger partial charge in [0.05, 0.1) is 16.1 Å². The molecule has 24 heavy (non-hydrogen) atoms. The molecular formula is C18H22N2O3S. The van der Waals surface area contributed by atoms with Crippen LogP contribution in [0.1, 0.15) is 46.7 Å². The van der Waals surface area contributed by atoms with Gasteiger partial charge in [0.25, 0.3) is 5.91 Å². The van der Waals surface area contributed by atoms with E-state index in [0.717, 1.165) is 25.9 Å². The predicted molar refractivity (Wildman–Crippen MR) is 98.5 cm³/mol. The Kier molecular flexibility index (Phi) is 6.37. The Balaban J connectivity index is 2.25. The summed E-state index contributed by atoms with van der Waals surface area (Å²) in [7, 11) is 0. The molecule has 0 aliphatic heterocycles. The van der Waals surface area contributed by atoms with E-state index in [1.54, 1.807) is 24.3 Å². The molecule has 1 heterocycles. The zero-order valence-electron chi connectivity index (χ0n) is 13.9. The predicted octanol–water partition coefficient (Wildman–Crippen LogP) is 4.33. The van der Waals surface area contributed by atoms with Crippen LogP contribution in [0.3, 0.4) is 0 Å².